The summed E-state index contributed by atoms with van der Waals surface area (Å²) in [5.41, 5.74) is 3.04. The van der Waals surface area contributed by atoms with Crippen molar-refractivity contribution in [1.82, 2.24) is 0 Å². The molecule has 106 valence electrons. The number of anilines is 1. The first-order valence-electron chi connectivity index (χ1n) is 6.71. The Morgan fingerprint density at radius 2 is 1.86 bits per heavy atom. The van der Waals surface area contributed by atoms with Gasteiger partial charge in [0.2, 0.25) is 12.7 Å². The third kappa shape index (κ3) is 2.23. The van der Waals surface area contributed by atoms with Gasteiger partial charge in [-0.25, -0.2) is 0 Å². The summed E-state index contributed by atoms with van der Waals surface area (Å²) in [6.07, 6.45) is 0. The molecule has 0 saturated heterocycles. The summed E-state index contributed by atoms with van der Waals surface area (Å²) < 4.78 is 10.9. The Bertz CT molecular complexity index is 702. The largest absolute Gasteiger partial charge is 0.454 e. The Balaban J connectivity index is 1.86. The molecule has 2 aliphatic rings. The Kier molecular flexibility index (Phi) is 3.00. The van der Waals surface area contributed by atoms with Crippen molar-refractivity contribution in [2.24, 2.45) is 0 Å². The van der Waals surface area contributed by atoms with Gasteiger partial charge in [-0.3, -0.25) is 4.79 Å². The summed E-state index contributed by atoms with van der Waals surface area (Å²) in [7, 11) is 0. The fourth-order valence-electron chi connectivity index (χ4n) is 2.62. The number of carbonyl (C=O) groups excluding carboxylic acids is 1. The van der Waals surface area contributed by atoms with Gasteiger partial charge in [0.15, 0.2) is 11.5 Å². The maximum absolute atomic E-state index is 11.9. The standard InChI is InChI=1S/C16H13NO3S/c18-15-8-21-16(10-4-2-1-3-5-10)11-6-13-14(20-9-19-13)7-12(11)17-15/h1-7,16H,8-9H2,(H,17,18). The Morgan fingerprint density at radius 3 is 2.67 bits per heavy atom. The molecule has 1 unspecified atom stereocenters. The number of hydrogen-bond donors (Lipinski definition) is 1. The summed E-state index contributed by atoms with van der Waals surface area (Å²) in [5, 5.41) is 3.06. The molecule has 0 saturated carbocycles. The molecule has 4 rings (SSSR count). The topological polar surface area (TPSA) is 47.6 Å². The molecule has 2 aliphatic heterocycles. The molecule has 0 aliphatic carbocycles. The molecule has 1 amide bonds. The molecule has 0 fully saturated rings. The number of carbonyl (C=O) groups is 1. The molecule has 21 heavy (non-hydrogen) atoms. The molecule has 4 nitrogen and oxygen atoms in total. The molecule has 0 spiro atoms. The molecule has 0 radical (unpaired) electrons. The summed E-state index contributed by atoms with van der Waals surface area (Å²) in [6.45, 7) is 0.231. The zero-order valence-electron chi connectivity index (χ0n) is 11.2. The van der Waals surface area contributed by atoms with Crippen LogP contribution in [-0.4, -0.2) is 18.5 Å². The Labute approximate surface area is 126 Å². The minimum atomic E-state index is 0.0125. The third-order valence-electron chi connectivity index (χ3n) is 3.58. The van der Waals surface area contributed by atoms with E-state index in [0.717, 1.165) is 17.0 Å². The number of rotatable bonds is 1. The minimum absolute atomic E-state index is 0.0125. The van der Waals surface area contributed by atoms with Crippen molar-refractivity contribution < 1.29 is 14.3 Å². The molecule has 2 heterocycles. The maximum Gasteiger partial charge on any atom is 0.234 e. The van der Waals surface area contributed by atoms with Crippen LogP contribution in [0.25, 0.3) is 0 Å². The van der Waals surface area contributed by atoms with Crippen LogP contribution in [0.15, 0.2) is 42.5 Å². The molecule has 2 aromatic carbocycles. The van der Waals surface area contributed by atoms with Gasteiger partial charge >= 0.3 is 0 Å². The number of hydrogen-bond acceptors (Lipinski definition) is 4. The van der Waals surface area contributed by atoms with Gasteiger partial charge in [-0.2, -0.15) is 0 Å². The van der Waals surface area contributed by atoms with Crippen molar-refractivity contribution in [3.63, 3.8) is 0 Å². The second-order valence-electron chi connectivity index (χ2n) is 4.94. The molecule has 1 N–H and O–H groups in total. The summed E-state index contributed by atoms with van der Waals surface area (Å²) in [4.78, 5) is 11.9. The lowest BCUT2D eigenvalue weighted by Gasteiger charge is -2.17. The first-order chi connectivity index (χ1) is 10.3. The smallest absolute Gasteiger partial charge is 0.234 e. The number of amides is 1. The molecule has 1 atom stereocenters. The predicted octanol–water partition coefficient (Wildman–Crippen LogP) is 3.19. The first kappa shape index (κ1) is 12.6. The Morgan fingerprint density at radius 1 is 1.10 bits per heavy atom. The van der Waals surface area contributed by atoms with Crippen molar-refractivity contribution in [1.29, 1.82) is 0 Å². The van der Waals surface area contributed by atoms with E-state index in [1.54, 1.807) is 11.8 Å². The highest BCUT2D eigenvalue weighted by Gasteiger charge is 2.27. The van der Waals surface area contributed by atoms with E-state index in [4.69, 9.17) is 9.47 Å². The molecule has 2 aromatic rings. The van der Waals surface area contributed by atoms with Crippen molar-refractivity contribution >= 4 is 23.4 Å². The van der Waals surface area contributed by atoms with Crippen LogP contribution in [0.3, 0.4) is 0 Å². The Hall–Kier alpha value is -2.14. The van der Waals surface area contributed by atoms with Crippen molar-refractivity contribution in [2.45, 2.75) is 5.25 Å². The van der Waals surface area contributed by atoms with Gasteiger partial charge < -0.3 is 14.8 Å². The van der Waals surface area contributed by atoms with Crippen molar-refractivity contribution in [3.05, 3.63) is 53.6 Å². The van der Waals surface area contributed by atoms with Gasteiger partial charge in [0.1, 0.15) is 0 Å². The van der Waals surface area contributed by atoms with Crippen LogP contribution >= 0.6 is 11.8 Å². The average Bonchev–Trinajstić information content (AvgIpc) is 2.89. The lowest BCUT2D eigenvalue weighted by molar-refractivity contribution is -0.113. The van der Waals surface area contributed by atoms with E-state index >= 15 is 0 Å². The van der Waals surface area contributed by atoms with Gasteiger partial charge in [-0.05, 0) is 17.2 Å². The highest BCUT2D eigenvalue weighted by Crippen LogP contribution is 2.46. The molecule has 5 heteroatoms. The fourth-order valence-corrected chi connectivity index (χ4v) is 3.74. The zero-order chi connectivity index (χ0) is 14.2. The van der Waals surface area contributed by atoms with Gasteiger partial charge in [-0.15, -0.1) is 11.8 Å². The quantitative estimate of drug-likeness (QED) is 0.878. The highest BCUT2D eigenvalue weighted by molar-refractivity contribution is 8.00. The SMILES string of the molecule is O=C1CSC(c2ccccc2)c2cc3c(cc2N1)OCO3. The molecule has 0 bridgehead atoms. The number of benzene rings is 2. The van der Waals surface area contributed by atoms with Crippen molar-refractivity contribution in [3.8, 4) is 11.5 Å². The van der Waals surface area contributed by atoms with E-state index in [1.165, 1.54) is 5.56 Å². The van der Waals surface area contributed by atoms with E-state index in [9.17, 15) is 4.79 Å². The van der Waals surface area contributed by atoms with Crippen LogP contribution in [0.2, 0.25) is 0 Å². The van der Waals surface area contributed by atoms with Gasteiger partial charge in [0, 0.05) is 11.8 Å². The van der Waals surface area contributed by atoms with Crippen molar-refractivity contribution in [2.75, 3.05) is 17.9 Å². The number of thioether (sulfide) groups is 1. The summed E-state index contributed by atoms with van der Waals surface area (Å²) in [6, 6.07) is 14.0. The van der Waals surface area contributed by atoms with Gasteiger partial charge in [-0.1, -0.05) is 30.3 Å². The number of fused-ring (bicyclic) bond motifs is 2. The van der Waals surface area contributed by atoms with Crippen LogP contribution in [-0.2, 0) is 4.79 Å². The highest BCUT2D eigenvalue weighted by atomic mass is 32.2. The second kappa shape index (κ2) is 5.00. The molecular weight excluding hydrogens is 286 g/mol. The van der Waals surface area contributed by atoms with Crippen LogP contribution in [0.1, 0.15) is 16.4 Å². The molecular formula is C16H13NO3S. The normalized spacial score (nSPS) is 19.6. The van der Waals surface area contributed by atoms with Crippen LogP contribution < -0.4 is 14.8 Å². The minimum Gasteiger partial charge on any atom is -0.454 e. The molecule has 0 aromatic heterocycles. The monoisotopic (exact) mass is 299 g/mol. The maximum atomic E-state index is 11.9. The lowest BCUT2D eigenvalue weighted by Crippen LogP contribution is -2.12. The third-order valence-corrected chi connectivity index (χ3v) is 4.87. The number of ether oxygens (including phenoxy) is 2. The predicted molar refractivity (Wildman–Crippen MR) is 81.9 cm³/mol. The van der Waals surface area contributed by atoms with Crippen LogP contribution in [0.5, 0.6) is 11.5 Å². The van der Waals surface area contributed by atoms with E-state index in [0.29, 0.717) is 11.5 Å². The van der Waals surface area contributed by atoms with E-state index in [1.807, 2.05) is 30.3 Å². The summed E-state index contributed by atoms with van der Waals surface area (Å²) >= 11 is 1.62. The van der Waals surface area contributed by atoms with Gasteiger partial charge in [0.05, 0.1) is 11.0 Å². The average molecular weight is 299 g/mol. The zero-order valence-corrected chi connectivity index (χ0v) is 12.0. The lowest BCUT2D eigenvalue weighted by atomic mass is 10.0. The first-order valence-corrected chi connectivity index (χ1v) is 7.76. The van der Waals surface area contributed by atoms with E-state index in [2.05, 4.69) is 17.4 Å². The van der Waals surface area contributed by atoms with Crippen LogP contribution in [0, 0.1) is 0 Å². The van der Waals surface area contributed by atoms with Gasteiger partial charge in [0.25, 0.3) is 0 Å². The van der Waals surface area contributed by atoms with Crippen LogP contribution in [0.4, 0.5) is 5.69 Å². The summed E-state index contributed by atoms with van der Waals surface area (Å²) in [5.74, 6) is 1.87. The number of nitrogens with one attached hydrogen (secondary N) is 1. The fraction of sp³-hybridized carbons (Fsp3) is 0.188. The second-order valence-corrected chi connectivity index (χ2v) is 6.04. The van der Waals surface area contributed by atoms with E-state index < -0.39 is 0 Å². The van der Waals surface area contributed by atoms with E-state index in [-0.39, 0.29) is 18.0 Å².